The zero-order valence-corrected chi connectivity index (χ0v) is 23.6. The highest BCUT2D eigenvalue weighted by Crippen LogP contribution is 2.57. The number of nitrogens with two attached hydrogens (primary N) is 1. The van der Waals surface area contributed by atoms with E-state index in [-0.39, 0.29) is 35.6 Å². The predicted molar refractivity (Wildman–Crippen MR) is 154 cm³/mol. The van der Waals surface area contributed by atoms with Crippen molar-refractivity contribution in [2.45, 2.75) is 57.3 Å². The predicted octanol–water partition coefficient (Wildman–Crippen LogP) is 2.12. The number of morpholine rings is 1. The summed E-state index contributed by atoms with van der Waals surface area (Å²) in [5, 5.41) is 23.7. The second kappa shape index (κ2) is 11.6. The number of hydrogen-bond acceptors (Lipinski definition) is 9. The van der Waals surface area contributed by atoms with Crippen LogP contribution in [0.3, 0.4) is 0 Å². The van der Waals surface area contributed by atoms with E-state index in [0.29, 0.717) is 36.0 Å². The minimum absolute atomic E-state index is 0.0138. The first-order valence-electron chi connectivity index (χ1n) is 14.0. The number of carbonyl (C=O) groups is 2. The van der Waals surface area contributed by atoms with Gasteiger partial charge in [0.1, 0.15) is 18.1 Å². The molecule has 0 unspecified atom stereocenters. The van der Waals surface area contributed by atoms with Gasteiger partial charge in [-0.3, -0.25) is 9.59 Å². The lowest BCUT2D eigenvalue weighted by Crippen LogP contribution is -2.59. The molecule has 41 heavy (non-hydrogen) atoms. The van der Waals surface area contributed by atoms with Crippen molar-refractivity contribution in [3.63, 3.8) is 0 Å². The highest BCUT2D eigenvalue weighted by molar-refractivity contribution is 6.12. The zero-order valence-electron chi connectivity index (χ0n) is 23.6. The molecular formula is C30H39N5O6. The molecule has 2 heterocycles. The molecule has 2 saturated carbocycles. The van der Waals surface area contributed by atoms with Gasteiger partial charge in [-0.25, -0.2) is 0 Å². The van der Waals surface area contributed by atoms with Gasteiger partial charge in [0.25, 0.3) is 11.8 Å². The lowest BCUT2D eigenvalue weighted by Gasteiger charge is -2.57. The van der Waals surface area contributed by atoms with E-state index in [4.69, 9.17) is 25.4 Å². The van der Waals surface area contributed by atoms with Crippen LogP contribution in [-0.4, -0.2) is 73.8 Å². The van der Waals surface area contributed by atoms with Crippen molar-refractivity contribution in [3.8, 4) is 5.75 Å². The molecule has 11 nitrogen and oxygen atoms in total. The average Bonchev–Trinajstić information content (AvgIpc) is 2.90. The SMILES string of the molecule is CC(C)(O)COC1=CN/C(=C(\C=N)C(=O)NC2CC3(C2)CC(Oc2cc(N4CCOCC4)ccc2C(N)=O)C3)C=C1. The van der Waals surface area contributed by atoms with E-state index < -0.39 is 11.5 Å². The van der Waals surface area contributed by atoms with Gasteiger partial charge in [-0.15, -0.1) is 0 Å². The van der Waals surface area contributed by atoms with E-state index in [1.807, 2.05) is 12.1 Å². The molecule has 3 fully saturated rings. The van der Waals surface area contributed by atoms with Gasteiger partial charge in [-0.05, 0) is 69.2 Å². The van der Waals surface area contributed by atoms with Gasteiger partial charge in [-0.2, -0.15) is 0 Å². The van der Waals surface area contributed by atoms with Crippen molar-refractivity contribution in [2.24, 2.45) is 11.1 Å². The van der Waals surface area contributed by atoms with Crippen LogP contribution in [0.1, 0.15) is 49.9 Å². The van der Waals surface area contributed by atoms with Gasteiger partial charge >= 0.3 is 0 Å². The molecule has 0 radical (unpaired) electrons. The molecule has 1 aromatic rings. The van der Waals surface area contributed by atoms with Crippen molar-refractivity contribution < 1.29 is 28.9 Å². The Balaban J connectivity index is 1.12. The quantitative estimate of drug-likeness (QED) is 0.213. The van der Waals surface area contributed by atoms with Gasteiger partial charge in [0.15, 0.2) is 0 Å². The Morgan fingerprint density at radius 2 is 1.98 bits per heavy atom. The van der Waals surface area contributed by atoms with Crippen LogP contribution >= 0.6 is 0 Å². The number of benzene rings is 1. The first-order chi connectivity index (χ1) is 19.5. The summed E-state index contributed by atoms with van der Waals surface area (Å²) in [6, 6.07) is 5.56. The summed E-state index contributed by atoms with van der Waals surface area (Å²) in [6.45, 7) is 6.34. The molecule has 0 atom stereocenters. The summed E-state index contributed by atoms with van der Waals surface area (Å²) in [5.74, 6) is 0.225. The number of primary amides is 1. The topological polar surface area (TPSA) is 159 Å². The number of rotatable bonds is 10. The van der Waals surface area contributed by atoms with Crippen LogP contribution in [0.5, 0.6) is 5.75 Å². The number of aliphatic hydroxyl groups is 1. The third-order valence-corrected chi connectivity index (χ3v) is 7.97. The van der Waals surface area contributed by atoms with Gasteiger partial charge in [0.2, 0.25) is 0 Å². The fourth-order valence-electron chi connectivity index (χ4n) is 5.88. The summed E-state index contributed by atoms with van der Waals surface area (Å²) in [5.41, 5.74) is 6.88. The lowest BCUT2D eigenvalue weighted by molar-refractivity contribution is -0.123. The summed E-state index contributed by atoms with van der Waals surface area (Å²) in [6.07, 6.45) is 9.39. The number of anilines is 1. The van der Waals surface area contributed by atoms with Gasteiger partial charge < -0.3 is 46.0 Å². The van der Waals surface area contributed by atoms with E-state index in [1.54, 1.807) is 38.3 Å². The number of hydrogen-bond donors (Lipinski definition) is 5. The Morgan fingerprint density at radius 3 is 2.59 bits per heavy atom. The van der Waals surface area contributed by atoms with E-state index in [2.05, 4.69) is 15.5 Å². The maximum Gasteiger partial charge on any atom is 0.255 e. The standard InChI is InChI=1S/C30H39N5O6/c1-29(2,38)18-40-21-4-6-25(33-17-21)24(16-31)28(37)34-19-12-30(13-19)14-22(15-30)41-26-11-20(3-5-23(26)27(32)36)35-7-9-39-10-8-35/h3-6,11,16-17,19,22,31,33,38H,7-10,12-15,18H2,1-2H3,(H2,32,36)(H,34,37)/b25-24+,31-16?. The zero-order chi connectivity index (χ0) is 29.2. The summed E-state index contributed by atoms with van der Waals surface area (Å²) >= 11 is 0. The molecule has 4 aliphatic rings. The number of nitrogens with zero attached hydrogens (tertiary/aromatic N) is 1. The molecule has 1 aromatic carbocycles. The summed E-state index contributed by atoms with van der Waals surface area (Å²) in [4.78, 5) is 27.2. The second-order valence-electron chi connectivity index (χ2n) is 12.0. The molecule has 0 aromatic heterocycles. The minimum Gasteiger partial charge on any atom is -0.489 e. The van der Waals surface area contributed by atoms with Crippen LogP contribution in [0.25, 0.3) is 0 Å². The van der Waals surface area contributed by atoms with Gasteiger partial charge in [0.05, 0.1) is 41.8 Å². The van der Waals surface area contributed by atoms with Crippen LogP contribution in [-0.2, 0) is 14.3 Å². The second-order valence-corrected chi connectivity index (χ2v) is 12.0. The molecular weight excluding hydrogens is 526 g/mol. The Hall–Kier alpha value is -3.83. The Kier molecular flexibility index (Phi) is 8.10. The lowest BCUT2D eigenvalue weighted by atomic mass is 9.53. The first-order valence-corrected chi connectivity index (χ1v) is 14.0. The largest absolute Gasteiger partial charge is 0.489 e. The Labute approximate surface area is 239 Å². The van der Waals surface area contributed by atoms with Crippen LogP contribution in [0, 0.1) is 10.8 Å². The number of carbonyl (C=O) groups excluding carboxylic acids is 2. The molecule has 220 valence electrons. The molecule has 2 amide bonds. The first kappa shape index (κ1) is 28.7. The molecule has 11 heteroatoms. The van der Waals surface area contributed by atoms with Crippen molar-refractivity contribution in [1.29, 1.82) is 5.41 Å². The molecule has 0 bridgehead atoms. The molecule has 2 aliphatic carbocycles. The van der Waals surface area contributed by atoms with E-state index >= 15 is 0 Å². The highest BCUT2D eigenvalue weighted by Gasteiger charge is 2.54. The fourth-order valence-corrected chi connectivity index (χ4v) is 5.88. The maximum absolute atomic E-state index is 12.9. The molecule has 1 spiro atoms. The summed E-state index contributed by atoms with van der Waals surface area (Å²) < 4.78 is 17.3. The Bertz CT molecular complexity index is 1280. The third kappa shape index (κ3) is 6.74. The number of dihydropyridines is 1. The normalized spacial score (nSPS) is 26.6. The number of allylic oxidation sites excluding steroid dienone is 2. The van der Waals surface area contributed by atoms with Gasteiger partial charge in [-0.1, -0.05) is 0 Å². The van der Waals surface area contributed by atoms with Crippen LogP contribution in [0.2, 0.25) is 0 Å². The van der Waals surface area contributed by atoms with Crippen molar-refractivity contribution >= 4 is 23.7 Å². The molecule has 6 N–H and O–H groups in total. The van der Waals surface area contributed by atoms with Crippen molar-refractivity contribution in [1.82, 2.24) is 10.6 Å². The fraction of sp³-hybridized carbons (Fsp3) is 0.500. The van der Waals surface area contributed by atoms with Crippen LogP contribution in [0.15, 0.2) is 53.6 Å². The number of amides is 2. The van der Waals surface area contributed by atoms with E-state index in [0.717, 1.165) is 50.7 Å². The highest BCUT2D eigenvalue weighted by atomic mass is 16.5. The maximum atomic E-state index is 12.9. The van der Waals surface area contributed by atoms with E-state index in [1.165, 1.54) is 0 Å². The van der Waals surface area contributed by atoms with Gasteiger partial charge in [0, 0.05) is 43.3 Å². The van der Waals surface area contributed by atoms with Crippen LogP contribution < -0.4 is 26.0 Å². The molecule has 1 saturated heterocycles. The average molecular weight is 566 g/mol. The van der Waals surface area contributed by atoms with Crippen molar-refractivity contribution in [2.75, 3.05) is 37.8 Å². The van der Waals surface area contributed by atoms with Crippen molar-refractivity contribution in [3.05, 3.63) is 59.1 Å². The smallest absolute Gasteiger partial charge is 0.255 e. The minimum atomic E-state index is -0.960. The monoisotopic (exact) mass is 565 g/mol. The molecule has 5 rings (SSSR count). The summed E-state index contributed by atoms with van der Waals surface area (Å²) in [7, 11) is 0. The molecule has 2 aliphatic heterocycles. The number of nitrogens with one attached hydrogen (secondary N) is 3. The number of ether oxygens (including phenoxy) is 3. The third-order valence-electron chi connectivity index (χ3n) is 7.97. The van der Waals surface area contributed by atoms with Crippen LogP contribution in [0.4, 0.5) is 5.69 Å². The Morgan fingerprint density at radius 1 is 1.24 bits per heavy atom. The van der Waals surface area contributed by atoms with E-state index in [9.17, 15) is 14.7 Å².